The van der Waals surface area contributed by atoms with E-state index < -0.39 is 11.8 Å². The molecule has 8 heteroatoms. The Kier molecular flexibility index (Phi) is 5.97. The lowest BCUT2D eigenvalue weighted by molar-refractivity contribution is -0.117. The van der Waals surface area contributed by atoms with E-state index >= 15 is 0 Å². The largest absolute Gasteiger partial charge is 0.496 e. The lowest BCUT2D eigenvalue weighted by atomic mass is 10.2. The number of hydrogen-bond donors (Lipinski definition) is 2. The van der Waals surface area contributed by atoms with Crippen molar-refractivity contribution in [3.63, 3.8) is 0 Å². The van der Waals surface area contributed by atoms with Crippen molar-refractivity contribution in [2.45, 2.75) is 0 Å². The Morgan fingerprint density at radius 1 is 1.07 bits per heavy atom. The van der Waals surface area contributed by atoms with Gasteiger partial charge in [0.1, 0.15) is 19.0 Å². The van der Waals surface area contributed by atoms with Crippen LogP contribution in [0.25, 0.3) is 6.08 Å². The predicted octanol–water partition coefficient (Wildman–Crippen LogP) is 2.70. The minimum absolute atomic E-state index is 0.345. The average molecular weight is 433 g/mol. The van der Waals surface area contributed by atoms with Crippen molar-refractivity contribution < 1.29 is 23.8 Å². The highest BCUT2D eigenvalue weighted by atomic mass is 79.9. The van der Waals surface area contributed by atoms with E-state index in [4.69, 9.17) is 14.2 Å². The van der Waals surface area contributed by atoms with Crippen LogP contribution < -0.4 is 25.1 Å². The van der Waals surface area contributed by atoms with Crippen LogP contribution in [-0.2, 0) is 4.79 Å². The van der Waals surface area contributed by atoms with Crippen molar-refractivity contribution in [1.29, 1.82) is 0 Å². The summed E-state index contributed by atoms with van der Waals surface area (Å²) in [6, 6.07) is 10.3. The Balaban J connectivity index is 1.59. The first kappa shape index (κ1) is 18.8. The van der Waals surface area contributed by atoms with E-state index in [1.165, 1.54) is 6.08 Å². The zero-order valence-corrected chi connectivity index (χ0v) is 16.0. The van der Waals surface area contributed by atoms with Gasteiger partial charge in [-0.25, -0.2) is 0 Å². The van der Waals surface area contributed by atoms with Crippen LogP contribution in [0, 0.1) is 0 Å². The zero-order valence-electron chi connectivity index (χ0n) is 14.5. The number of amides is 2. The first-order valence-electron chi connectivity index (χ1n) is 8.08. The van der Waals surface area contributed by atoms with Gasteiger partial charge in [0.2, 0.25) is 0 Å². The van der Waals surface area contributed by atoms with Gasteiger partial charge in [0.05, 0.1) is 7.11 Å². The molecule has 0 fully saturated rings. The van der Waals surface area contributed by atoms with E-state index in [1.54, 1.807) is 37.5 Å². The molecule has 0 saturated heterocycles. The van der Waals surface area contributed by atoms with Crippen molar-refractivity contribution in [3.05, 3.63) is 58.1 Å². The second-order valence-electron chi connectivity index (χ2n) is 5.52. The molecule has 0 atom stereocenters. The normalized spacial score (nSPS) is 12.5. The summed E-state index contributed by atoms with van der Waals surface area (Å²) in [5, 5.41) is 0. The Bertz CT molecular complexity index is 898. The van der Waals surface area contributed by atoms with Crippen LogP contribution in [0.15, 0.2) is 46.9 Å². The number of rotatable bonds is 4. The second kappa shape index (κ2) is 8.59. The van der Waals surface area contributed by atoms with Gasteiger partial charge in [0.25, 0.3) is 11.8 Å². The van der Waals surface area contributed by atoms with Crippen LogP contribution >= 0.6 is 15.9 Å². The zero-order chi connectivity index (χ0) is 19.2. The number of carbonyl (C=O) groups excluding carboxylic acids is 2. The van der Waals surface area contributed by atoms with Gasteiger partial charge in [0.15, 0.2) is 11.5 Å². The standard InChI is InChI=1S/C19H17BrN2O5/c1-25-15-6-4-14(20)10-12(15)3-7-18(23)21-22-19(24)13-2-5-16-17(11-13)27-9-8-26-16/h2-7,10-11H,8-9H2,1H3,(H,21,23)(H,22,24)/b7-3+. The summed E-state index contributed by atoms with van der Waals surface area (Å²) < 4.78 is 16.9. The Hall–Kier alpha value is -3.00. The molecule has 7 nitrogen and oxygen atoms in total. The topological polar surface area (TPSA) is 85.9 Å². The molecule has 2 N–H and O–H groups in total. The number of halogens is 1. The van der Waals surface area contributed by atoms with Crippen molar-refractivity contribution in [2.24, 2.45) is 0 Å². The van der Waals surface area contributed by atoms with Crippen molar-refractivity contribution >= 4 is 33.8 Å². The summed E-state index contributed by atoms with van der Waals surface area (Å²) in [5.74, 6) is 0.772. The molecule has 1 aliphatic rings. The molecule has 3 rings (SSSR count). The van der Waals surface area contributed by atoms with Crippen LogP contribution in [0.4, 0.5) is 0 Å². The van der Waals surface area contributed by atoms with Crippen LogP contribution in [0.3, 0.4) is 0 Å². The van der Waals surface area contributed by atoms with Gasteiger partial charge >= 0.3 is 0 Å². The number of carbonyl (C=O) groups is 2. The molecule has 0 aromatic heterocycles. The Morgan fingerprint density at radius 3 is 2.63 bits per heavy atom. The monoisotopic (exact) mass is 432 g/mol. The van der Waals surface area contributed by atoms with E-state index in [0.29, 0.717) is 36.0 Å². The molecule has 0 unspecified atom stereocenters. The fraction of sp³-hybridized carbons (Fsp3) is 0.158. The summed E-state index contributed by atoms with van der Waals surface area (Å²) in [6.45, 7) is 0.905. The lowest BCUT2D eigenvalue weighted by Gasteiger charge is -2.18. The number of methoxy groups -OCH3 is 1. The smallest absolute Gasteiger partial charge is 0.269 e. The maximum atomic E-state index is 12.2. The molecule has 1 heterocycles. The molecule has 0 bridgehead atoms. The third-order valence-corrected chi connectivity index (χ3v) is 4.20. The van der Waals surface area contributed by atoms with Gasteiger partial charge in [-0.3, -0.25) is 20.4 Å². The quantitative estimate of drug-likeness (QED) is 0.572. The number of hydrazine groups is 1. The van der Waals surface area contributed by atoms with Gasteiger partial charge < -0.3 is 14.2 Å². The first-order valence-corrected chi connectivity index (χ1v) is 8.87. The Morgan fingerprint density at radius 2 is 1.85 bits per heavy atom. The van der Waals surface area contributed by atoms with Crippen LogP contribution in [-0.4, -0.2) is 32.1 Å². The summed E-state index contributed by atoms with van der Waals surface area (Å²) >= 11 is 3.37. The maximum Gasteiger partial charge on any atom is 0.269 e. The van der Waals surface area contributed by atoms with Crippen molar-refractivity contribution in [2.75, 3.05) is 20.3 Å². The molecule has 2 aromatic carbocycles. The van der Waals surface area contributed by atoms with E-state index in [9.17, 15) is 9.59 Å². The predicted molar refractivity (Wildman–Crippen MR) is 103 cm³/mol. The van der Waals surface area contributed by atoms with E-state index in [-0.39, 0.29) is 0 Å². The van der Waals surface area contributed by atoms with Gasteiger partial charge in [-0.1, -0.05) is 15.9 Å². The fourth-order valence-corrected chi connectivity index (χ4v) is 2.80. The van der Waals surface area contributed by atoms with Crippen molar-refractivity contribution in [3.8, 4) is 17.2 Å². The molecule has 1 aliphatic heterocycles. The first-order chi connectivity index (χ1) is 13.1. The number of benzene rings is 2. The van der Waals surface area contributed by atoms with Crippen LogP contribution in [0.2, 0.25) is 0 Å². The highest BCUT2D eigenvalue weighted by Crippen LogP contribution is 2.30. The number of ether oxygens (including phenoxy) is 3. The molecule has 0 saturated carbocycles. The average Bonchev–Trinajstić information content (AvgIpc) is 2.70. The SMILES string of the molecule is COc1ccc(Br)cc1/C=C/C(=O)NNC(=O)c1ccc2c(c1)OCCO2. The van der Waals surface area contributed by atoms with E-state index in [2.05, 4.69) is 26.8 Å². The fourth-order valence-electron chi connectivity index (χ4n) is 2.42. The summed E-state index contributed by atoms with van der Waals surface area (Å²) in [7, 11) is 1.55. The maximum absolute atomic E-state index is 12.2. The van der Waals surface area contributed by atoms with Gasteiger partial charge in [-0.05, 0) is 42.5 Å². The molecule has 2 aromatic rings. The van der Waals surface area contributed by atoms with Gasteiger partial charge in [-0.15, -0.1) is 0 Å². The van der Waals surface area contributed by atoms with E-state index in [0.717, 1.165) is 10.0 Å². The molecular formula is C19H17BrN2O5. The highest BCUT2D eigenvalue weighted by Gasteiger charge is 2.15. The van der Waals surface area contributed by atoms with Gasteiger partial charge in [0, 0.05) is 21.7 Å². The van der Waals surface area contributed by atoms with Crippen LogP contribution in [0.1, 0.15) is 15.9 Å². The summed E-state index contributed by atoms with van der Waals surface area (Å²) in [6.07, 6.45) is 2.89. The minimum Gasteiger partial charge on any atom is -0.496 e. The molecule has 0 radical (unpaired) electrons. The number of nitrogens with one attached hydrogen (secondary N) is 2. The molecular weight excluding hydrogens is 416 g/mol. The summed E-state index contributed by atoms with van der Waals surface area (Å²) in [4.78, 5) is 24.1. The van der Waals surface area contributed by atoms with E-state index in [1.807, 2.05) is 12.1 Å². The highest BCUT2D eigenvalue weighted by molar-refractivity contribution is 9.10. The Labute approximate surface area is 164 Å². The van der Waals surface area contributed by atoms with Crippen molar-refractivity contribution in [1.82, 2.24) is 10.9 Å². The minimum atomic E-state index is -0.483. The number of fused-ring (bicyclic) bond motifs is 1. The molecule has 27 heavy (non-hydrogen) atoms. The third kappa shape index (κ3) is 4.79. The third-order valence-electron chi connectivity index (χ3n) is 3.71. The molecule has 0 aliphatic carbocycles. The molecule has 140 valence electrons. The summed E-state index contributed by atoms with van der Waals surface area (Å²) in [5.41, 5.74) is 5.76. The van der Waals surface area contributed by atoms with Gasteiger partial charge in [-0.2, -0.15) is 0 Å². The molecule has 2 amide bonds. The molecule has 0 spiro atoms. The van der Waals surface area contributed by atoms with Crippen LogP contribution in [0.5, 0.6) is 17.2 Å². The second-order valence-corrected chi connectivity index (χ2v) is 6.44. The lowest BCUT2D eigenvalue weighted by Crippen LogP contribution is -2.40. The number of hydrogen-bond acceptors (Lipinski definition) is 5.